The molecule has 0 heterocycles. The van der Waals surface area contributed by atoms with E-state index in [-0.39, 0.29) is 16.9 Å². The van der Waals surface area contributed by atoms with Gasteiger partial charge in [-0.05, 0) is 48.1 Å². The van der Waals surface area contributed by atoms with Gasteiger partial charge in [0.05, 0.1) is 11.0 Å². The summed E-state index contributed by atoms with van der Waals surface area (Å²) in [6.07, 6.45) is 0.971. The van der Waals surface area contributed by atoms with Gasteiger partial charge in [-0.2, -0.15) is 0 Å². The van der Waals surface area contributed by atoms with Crippen molar-refractivity contribution in [2.24, 2.45) is 11.3 Å². The SMILES string of the molecule is CC1(C(=O)NCc2cccc(C(=O)O)c2)C2Cc3ccccc3C21. The highest BCUT2D eigenvalue weighted by molar-refractivity contribution is 5.89. The third kappa shape index (κ3) is 2.13. The number of hydrogen-bond acceptors (Lipinski definition) is 2. The number of carbonyl (C=O) groups excluding carboxylic acids is 1. The molecule has 122 valence electrons. The van der Waals surface area contributed by atoms with Gasteiger partial charge < -0.3 is 10.4 Å². The average Bonchev–Trinajstić information content (AvgIpc) is 3.00. The summed E-state index contributed by atoms with van der Waals surface area (Å²) in [6, 6.07) is 15.1. The maximum Gasteiger partial charge on any atom is 0.335 e. The number of carboxylic acids is 1. The first-order chi connectivity index (χ1) is 11.5. The van der Waals surface area contributed by atoms with Crippen LogP contribution in [0.5, 0.6) is 0 Å². The van der Waals surface area contributed by atoms with Gasteiger partial charge in [0.25, 0.3) is 0 Å². The second-order valence-electron chi connectivity index (χ2n) is 6.96. The van der Waals surface area contributed by atoms with E-state index in [0.29, 0.717) is 18.4 Å². The highest BCUT2D eigenvalue weighted by Gasteiger charge is 2.69. The molecular formula is C20H19NO3. The molecule has 0 radical (unpaired) electrons. The molecule has 1 saturated carbocycles. The molecule has 0 spiro atoms. The van der Waals surface area contributed by atoms with Crippen molar-refractivity contribution in [1.82, 2.24) is 5.32 Å². The molecule has 2 aromatic rings. The lowest BCUT2D eigenvalue weighted by molar-refractivity contribution is -0.126. The third-order valence-corrected chi connectivity index (χ3v) is 5.66. The van der Waals surface area contributed by atoms with Crippen LogP contribution in [-0.2, 0) is 17.8 Å². The molecule has 4 heteroatoms. The summed E-state index contributed by atoms with van der Waals surface area (Å²) in [6.45, 7) is 2.40. The lowest BCUT2D eigenvalue weighted by Crippen LogP contribution is -2.32. The molecule has 2 aromatic carbocycles. The Balaban J connectivity index is 1.45. The van der Waals surface area contributed by atoms with Gasteiger partial charge in [-0.1, -0.05) is 36.4 Å². The second-order valence-corrected chi connectivity index (χ2v) is 6.96. The fraction of sp³-hybridized carbons (Fsp3) is 0.300. The minimum Gasteiger partial charge on any atom is -0.478 e. The smallest absolute Gasteiger partial charge is 0.335 e. The summed E-state index contributed by atoms with van der Waals surface area (Å²) in [5.74, 6) is -0.185. The molecule has 3 atom stereocenters. The van der Waals surface area contributed by atoms with E-state index in [1.165, 1.54) is 11.1 Å². The molecule has 2 aliphatic carbocycles. The van der Waals surface area contributed by atoms with Crippen LogP contribution in [0.3, 0.4) is 0 Å². The second kappa shape index (κ2) is 5.20. The largest absolute Gasteiger partial charge is 0.478 e. The fourth-order valence-corrected chi connectivity index (χ4v) is 4.23. The summed E-state index contributed by atoms with van der Waals surface area (Å²) in [4.78, 5) is 23.7. The minimum absolute atomic E-state index is 0.0627. The van der Waals surface area contributed by atoms with Crippen LogP contribution in [0, 0.1) is 11.3 Å². The Morgan fingerprint density at radius 2 is 2.00 bits per heavy atom. The van der Waals surface area contributed by atoms with Crippen LogP contribution >= 0.6 is 0 Å². The van der Waals surface area contributed by atoms with Crippen molar-refractivity contribution < 1.29 is 14.7 Å². The van der Waals surface area contributed by atoms with E-state index in [2.05, 4.69) is 23.5 Å². The molecular weight excluding hydrogens is 302 g/mol. The van der Waals surface area contributed by atoms with Crippen LogP contribution in [-0.4, -0.2) is 17.0 Å². The summed E-state index contributed by atoms with van der Waals surface area (Å²) in [5.41, 5.74) is 3.39. The van der Waals surface area contributed by atoms with Crippen molar-refractivity contribution in [2.75, 3.05) is 0 Å². The lowest BCUT2D eigenvalue weighted by atomic mass is 9.92. The molecule has 24 heavy (non-hydrogen) atoms. The van der Waals surface area contributed by atoms with E-state index < -0.39 is 5.97 Å². The summed E-state index contributed by atoms with van der Waals surface area (Å²) >= 11 is 0. The Kier molecular flexibility index (Phi) is 3.23. The average molecular weight is 321 g/mol. The van der Waals surface area contributed by atoms with Crippen LogP contribution in [0.25, 0.3) is 0 Å². The molecule has 2 N–H and O–H groups in total. The molecule has 1 fully saturated rings. The van der Waals surface area contributed by atoms with E-state index in [4.69, 9.17) is 5.11 Å². The zero-order valence-electron chi connectivity index (χ0n) is 13.5. The third-order valence-electron chi connectivity index (χ3n) is 5.66. The molecule has 4 rings (SSSR count). The number of fused-ring (bicyclic) bond motifs is 3. The molecule has 0 aliphatic heterocycles. The Hall–Kier alpha value is -2.62. The zero-order chi connectivity index (χ0) is 16.9. The van der Waals surface area contributed by atoms with Gasteiger partial charge in [0, 0.05) is 12.5 Å². The molecule has 0 bridgehead atoms. The summed E-state index contributed by atoms with van der Waals surface area (Å²) in [7, 11) is 0. The van der Waals surface area contributed by atoms with Crippen LogP contribution in [0.4, 0.5) is 0 Å². The normalized spacial score (nSPS) is 26.4. The van der Waals surface area contributed by atoms with E-state index in [0.717, 1.165) is 12.0 Å². The van der Waals surface area contributed by atoms with Gasteiger partial charge in [-0.25, -0.2) is 4.79 Å². The van der Waals surface area contributed by atoms with Crippen LogP contribution < -0.4 is 5.32 Å². The number of amides is 1. The first kappa shape index (κ1) is 14.9. The number of nitrogens with one attached hydrogen (secondary N) is 1. The van der Waals surface area contributed by atoms with Gasteiger partial charge in [0.2, 0.25) is 5.91 Å². The van der Waals surface area contributed by atoms with E-state index >= 15 is 0 Å². The van der Waals surface area contributed by atoms with Crippen molar-refractivity contribution >= 4 is 11.9 Å². The van der Waals surface area contributed by atoms with Crippen molar-refractivity contribution in [3.8, 4) is 0 Å². The van der Waals surface area contributed by atoms with Crippen molar-refractivity contribution in [1.29, 1.82) is 0 Å². The molecule has 0 saturated heterocycles. The number of rotatable bonds is 4. The van der Waals surface area contributed by atoms with Crippen LogP contribution in [0.2, 0.25) is 0 Å². The highest BCUT2D eigenvalue weighted by Crippen LogP contribution is 2.70. The number of benzene rings is 2. The van der Waals surface area contributed by atoms with E-state index in [9.17, 15) is 9.59 Å². The maximum atomic E-state index is 12.7. The Labute approximate surface area is 140 Å². The van der Waals surface area contributed by atoms with Crippen molar-refractivity contribution in [3.05, 3.63) is 70.8 Å². The standard InChI is InChI=1S/C20H19NO3/c1-20(16-10-13-6-2-3-8-15(13)17(16)20)19(24)21-11-12-5-4-7-14(9-12)18(22)23/h2-9,16-17H,10-11H2,1H3,(H,21,24)(H,22,23). The van der Waals surface area contributed by atoms with Crippen LogP contribution in [0.15, 0.2) is 48.5 Å². The van der Waals surface area contributed by atoms with Crippen molar-refractivity contribution in [3.63, 3.8) is 0 Å². The molecule has 0 aromatic heterocycles. The van der Waals surface area contributed by atoms with Crippen LogP contribution in [0.1, 0.15) is 39.9 Å². The molecule has 4 nitrogen and oxygen atoms in total. The number of carbonyl (C=O) groups is 2. The van der Waals surface area contributed by atoms with Gasteiger partial charge in [0.1, 0.15) is 0 Å². The predicted molar refractivity (Wildman–Crippen MR) is 89.7 cm³/mol. The molecule has 1 amide bonds. The Bertz CT molecular complexity index is 844. The van der Waals surface area contributed by atoms with Crippen molar-refractivity contribution in [2.45, 2.75) is 25.8 Å². The highest BCUT2D eigenvalue weighted by atomic mass is 16.4. The zero-order valence-corrected chi connectivity index (χ0v) is 13.5. The topological polar surface area (TPSA) is 66.4 Å². The van der Waals surface area contributed by atoms with E-state index in [1.807, 2.05) is 19.1 Å². The summed E-state index contributed by atoms with van der Waals surface area (Å²) < 4.78 is 0. The fourth-order valence-electron chi connectivity index (χ4n) is 4.23. The minimum atomic E-state index is -0.955. The molecule has 2 aliphatic rings. The molecule has 3 unspecified atom stereocenters. The van der Waals surface area contributed by atoms with Gasteiger partial charge in [-0.3, -0.25) is 4.79 Å². The Morgan fingerprint density at radius 3 is 2.79 bits per heavy atom. The number of carboxylic acid groups (broad SMARTS) is 1. The van der Waals surface area contributed by atoms with Gasteiger partial charge >= 0.3 is 5.97 Å². The first-order valence-corrected chi connectivity index (χ1v) is 8.20. The monoisotopic (exact) mass is 321 g/mol. The van der Waals surface area contributed by atoms with E-state index in [1.54, 1.807) is 18.2 Å². The van der Waals surface area contributed by atoms with Gasteiger partial charge in [-0.15, -0.1) is 0 Å². The lowest BCUT2D eigenvalue weighted by Gasteiger charge is -2.17. The Morgan fingerprint density at radius 1 is 1.21 bits per heavy atom. The summed E-state index contributed by atoms with van der Waals surface area (Å²) in [5, 5.41) is 12.0. The first-order valence-electron chi connectivity index (χ1n) is 8.20. The quantitative estimate of drug-likeness (QED) is 0.910. The number of aromatic carboxylic acids is 1. The number of hydrogen-bond donors (Lipinski definition) is 2. The predicted octanol–water partition coefficient (Wildman–Crippen LogP) is 2.98. The maximum absolute atomic E-state index is 12.7. The van der Waals surface area contributed by atoms with Gasteiger partial charge in [0.15, 0.2) is 0 Å².